The molecule has 17 heavy (non-hydrogen) atoms. The highest BCUT2D eigenvalue weighted by Crippen LogP contribution is 2.25. The van der Waals surface area contributed by atoms with Crippen molar-refractivity contribution in [1.82, 2.24) is 9.55 Å². The summed E-state index contributed by atoms with van der Waals surface area (Å²) in [5.41, 5.74) is 6.63. The van der Waals surface area contributed by atoms with Gasteiger partial charge in [-0.3, -0.25) is 0 Å². The topological polar surface area (TPSA) is 43.8 Å². The lowest BCUT2D eigenvalue weighted by Crippen LogP contribution is -2.22. The third-order valence-electron chi connectivity index (χ3n) is 2.43. The molecular weight excluding hydrogens is 231 g/mol. The smallest absolute Gasteiger partial charge is 0.322 e. The molecule has 0 aliphatic carbocycles. The molecule has 0 fully saturated rings. The van der Waals surface area contributed by atoms with Crippen molar-refractivity contribution in [2.45, 2.75) is 25.7 Å². The van der Waals surface area contributed by atoms with E-state index in [1.54, 1.807) is 31.2 Å². The lowest BCUT2D eigenvalue weighted by molar-refractivity contribution is -0.140. The Labute approximate surface area is 96.0 Å². The molecule has 2 rings (SSSR count). The molecule has 0 saturated heterocycles. The zero-order valence-electron chi connectivity index (χ0n) is 9.20. The SMILES string of the molecule is CC(N)c1nc2ccccc2n1CC(F)(F)F. The maximum absolute atomic E-state index is 12.5. The largest absolute Gasteiger partial charge is 0.406 e. The molecular formula is C11H12F3N3. The van der Waals surface area contributed by atoms with Crippen LogP contribution in [-0.2, 0) is 6.54 Å². The number of fused-ring (bicyclic) bond motifs is 1. The predicted octanol–water partition coefficient (Wildman–Crippen LogP) is 2.62. The van der Waals surface area contributed by atoms with E-state index in [1.807, 2.05) is 0 Å². The summed E-state index contributed by atoms with van der Waals surface area (Å²) in [4.78, 5) is 4.13. The van der Waals surface area contributed by atoms with Gasteiger partial charge in [-0.1, -0.05) is 12.1 Å². The van der Waals surface area contributed by atoms with Crippen LogP contribution in [-0.4, -0.2) is 15.7 Å². The molecule has 6 heteroatoms. The molecule has 0 spiro atoms. The molecule has 2 N–H and O–H groups in total. The standard InChI is InChI=1S/C11H12F3N3/c1-7(15)10-16-8-4-2-3-5-9(8)17(10)6-11(12,13)14/h2-5,7H,6,15H2,1H3. The highest BCUT2D eigenvalue weighted by molar-refractivity contribution is 5.76. The lowest BCUT2D eigenvalue weighted by Gasteiger charge is -2.13. The van der Waals surface area contributed by atoms with Crippen LogP contribution in [0.5, 0.6) is 0 Å². The van der Waals surface area contributed by atoms with Crippen molar-refractivity contribution in [3.63, 3.8) is 0 Å². The van der Waals surface area contributed by atoms with Gasteiger partial charge in [0.05, 0.1) is 17.1 Å². The second-order valence-electron chi connectivity index (χ2n) is 3.95. The molecule has 0 aliphatic rings. The summed E-state index contributed by atoms with van der Waals surface area (Å²) in [6, 6.07) is 6.17. The maximum Gasteiger partial charge on any atom is 0.406 e. The number of benzene rings is 1. The van der Waals surface area contributed by atoms with Gasteiger partial charge in [0.2, 0.25) is 0 Å². The first-order chi connectivity index (χ1) is 7.88. The number of alkyl halides is 3. The Bertz CT molecular complexity index is 528. The van der Waals surface area contributed by atoms with Crippen molar-refractivity contribution >= 4 is 11.0 Å². The van der Waals surface area contributed by atoms with Crippen molar-refractivity contribution in [2.24, 2.45) is 5.73 Å². The third-order valence-corrected chi connectivity index (χ3v) is 2.43. The van der Waals surface area contributed by atoms with Gasteiger partial charge in [0.15, 0.2) is 0 Å². The predicted molar refractivity (Wildman–Crippen MR) is 58.4 cm³/mol. The van der Waals surface area contributed by atoms with E-state index in [2.05, 4.69) is 4.98 Å². The van der Waals surface area contributed by atoms with Crippen LogP contribution in [0.4, 0.5) is 13.2 Å². The molecule has 3 nitrogen and oxygen atoms in total. The van der Waals surface area contributed by atoms with Crippen LogP contribution in [0.3, 0.4) is 0 Å². The number of hydrogen-bond acceptors (Lipinski definition) is 2. The minimum Gasteiger partial charge on any atom is -0.322 e. The van der Waals surface area contributed by atoms with Gasteiger partial charge in [0, 0.05) is 0 Å². The minimum atomic E-state index is -4.28. The molecule has 1 aromatic heterocycles. The number of rotatable bonds is 2. The number of hydrogen-bond donors (Lipinski definition) is 1. The van der Waals surface area contributed by atoms with Gasteiger partial charge in [0.1, 0.15) is 12.4 Å². The van der Waals surface area contributed by atoms with E-state index in [0.29, 0.717) is 11.0 Å². The first-order valence-electron chi connectivity index (χ1n) is 5.16. The number of imidazole rings is 1. The summed E-state index contributed by atoms with van der Waals surface area (Å²) in [5, 5.41) is 0. The van der Waals surface area contributed by atoms with Gasteiger partial charge in [-0.25, -0.2) is 4.98 Å². The number of para-hydroxylation sites is 2. The summed E-state index contributed by atoms with van der Waals surface area (Å²) in [6.07, 6.45) is -4.28. The van der Waals surface area contributed by atoms with E-state index in [4.69, 9.17) is 5.73 Å². The van der Waals surface area contributed by atoms with Crippen LogP contribution in [0.1, 0.15) is 18.8 Å². The highest BCUT2D eigenvalue weighted by Gasteiger charge is 2.30. The second kappa shape index (κ2) is 4.03. The van der Waals surface area contributed by atoms with E-state index in [9.17, 15) is 13.2 Å². The van der Waals surface area contributed by atoms with Crippen LogP contribution < -0.4 is 5.73 Å². The first-order valence-corrected chi connectivity index (χ1v) is 5.16. The molecule has 1 aromatic carbocycles. The lowest BCUT2D eigenvalue weighted by atomic mass is 10.3. The van der Waals surface area contributed by atoms with Gasteiger partial charge in [-0.15, -0.1) is 0 Å². The van der Waals surface area contributed by atoms with Crippen LogP contribution >= 0.6 is 0 Å². The number of nitrogens with two attached hydrogens (primary N) is 1. The van der Waals surface area contributed by atoms with Crippen molar-refractivity contribution < 1.29 is 13.2 Å². The van der Waals surface area contributed by atoms with Gasteiger partial charge >= 0.3 is 6.18 Å². The van der Waals surface area contributed by atoms with E-state index in [1.165, 1.54) is 0 Å². The summed E-state index contributed by atoms with van der Waals surface area (Å²) >= 11 is 0. The maximum atomic E-state index is 12.5. The quantitative estimate of drug-likeness (QED) is 0.881. The normalized spacial score (nSPS) is 14.2. The molecule has 0 aliphatic heterocycles. The molecule has 1 atom stereocenters. The Kier molecular flexibility index (Phi) is 2.82. The summed E-state index contributed by atoms with van der Waals surface area (Å²) < 4.78 is 38.6. The number of halogens is 3. The van der Waals surface area contributed by atoms with Crippen molar-refractivity contribution in [3.05, 3.63) is 30.1 Å². The highest BCUT2D eigenvalue weighted by atomic mass is 19.4. The zero-order valence-corrected chi connectivity index (χ0v) is 9.20. The molecule has 2 aromatic rings. The van der Waals surface area contributed by atoms with Crippen LogP contribution in [0.2, 0.25) is 0 Å². The van der Waals surface area contributed by atoms with Crippen molar-refractivity contribution in [3.8, 4) is 0 Å². The van der Waals surface area contributed by atoms with E-state index in [-0.39, 0.29) is 5.82 Å². The Morgan fingerprint density at radius 2 is 2.00 bits per heavy atom. The monoisotopic (exact) mass is 243 g/mol. The van der Waals surface area contributed by atoms with Gasteiger partial charge < -0.3 is 10.3 Å². The second-order valence-corrected chi connectivity index (χ2v) is 3.95. The fourth-order valence-electron chi connectivity index (χ4n) is 1.79. The fourth-order valence-corrected chi connectivity index (χ4v) is 1.79. The Hall–Kier alpha value is -1.56. The summed E-state index contributed by atoms with van der Waals surface area (Å²) in [5.74, 6) is 0.253. The first kappa shape index (κ1) is 11.9. The summed E-state index contributed by atoms with van der Waals surface area (Å²) in [7, 11) is 0. The van der Waals surface area contributed by atoms with Gasteiger partial charge in [-0.2, -0.15) is 13.2 Å². The molecule has 0 amide bonds. The van der Waals surface area contributed by atoms with Crippen LogP contribution in [0, 0.1) is 0 Å². The van der Waals surface area contributed by atoms with Crippen molar-refractivity contribution in [2.75, 3.05) is 0 Å². The van der Waals surface area contributed by atoms with E-state index < -0.39 is 18.8 Å². The molecule has 0 saturated carbocycles. The third kappa shape index (κ3) is 2.41. The molecule has 1 heterocycles. The summed E-state index contributed by atoms with van der Waals surface area (Å²) in [6.45, 7) is 0.554. The molecule has 1 unspecified atom stereocenters. The van der Waals surface area contributed by atoms with Crippen LogP contribution in [0.15, 0.2) is 24.3 Å². The van der Waals surface area contributed by atoms with Gasteiger partial charge in [0.25, 0.3) is 0 Å². The average Bonchev–Trinajstić information content (AvgIpc) is 2.55. The molecule has 0 radical (unpaired) electrons. The Morgan fingerprint density at radius 3 is 2.59 bits per heavy atom. The van der Waals surface area contributed by atoms with Crippen molar-refractivity contribution in [1.29, 1.82) is 0 Å². The Balaban J connectivity index is 2.60. The average molecular weight is 243 g/mol. The van der Waals surface area contributed by atoms with Crippen LogP contribution in [0.25, 0.3) is 11.0 Å². The Morgan fingerprint density at radius 1 is 1.35 bits per heavy atom. The zero-order chi connectivity index (χ0) is 12.6. The number of nitrogens with zero attached hydrogens (tertiary/aromatic N) is 2. The fraction of sp³-hybridized carbons (Fsp3) is 0.364. The number of aromatic nitrogens is 2. The molecule has 92 valence electrons. The minimum absolute atomic E-state index is 0.253. The van der Waals surface area contributed by atoms with E-state index in [0.717, 1.165) is 4.57 Å². The molecule has 0 bridgehead atoms. The van der Waals surface area contributed by atoms with Gasteiger partial charge in [-0.05, 0) is 19.1 Å². The van der Waals surface area contributed by atoms with E-state index >= 15 is 0 Å².